The number of nitrogens with one attached hydrogen (secondary N) is 1. The first-order valence-electron chi connectivity index (χ1n) is 6.80. The van der Waals surface area contributed by atoms with Crippen LogP contribution in [0.25, 0.3) is 10.6 Å². The number of methoxy groups -OCH3 is 1. The molecule has 23 heavy (non-hydrogen) atoms. The zero-order valence-electron chi connectivity index (χ0n) is 12.8. The van der Waals surface area contributed by atoms with Crippen molar-refractivity contribution in [2.75, 3.05) is 12.4 Å². The maximum absolute atomic E-state index is 12.4. The van der Waals surface area contributed by atoms with Crippen LogP contribution in [0, 0.1) is 13.8 Å². The summed E-state index contributed by atoms with van der Waals surface area (Å²) in [6.45, 7) is 3.66. The third-order valence-corrected chi connectivity index (χ3v) is 5.03. The third-order valence-electron chi connectivity index (χ3n) is 3.07. The Bertz CT molecular complexity index is 857. The third kappa shape index (κ3) is 3.38. The SMILES string of the molecule is COc1cccc(-c2nc(C)c(C(=O)Nc3nnc(C)s3)s2)c1. The molecule has 1 amide bonds. The van der Waals surface area contributed by atoms with Crippen molar-refractivity contribution in [2.24, 2.45) is 0 Å². The Morgan fingerprint density at radius 1 is 1.22 bits per heavy atom. The van der Waals surface area contributed by atoms with Gasteiger partial charge in [0.25, 0.3) is 5.91 Å². The molecule has 0 atom stereocenters. The zero-order chi connectivity index (χ0) is 16.4. The summed E-state index contributed by atoms with van der Waals surface area (Å²) in [5, 5.41) is 12.6. The number of ether oxygens (including phenoxy) is 1. The van der Waals surface area contributed by atoms with Crippen molar-refractivity contribution < 1.29 is 9.53 Å². The van der Waals surface area contributed by atoms with Gasteiger partial charge in [-0.2, -0.15) is 0 Å². The van der Waals surface area contributed by atoms with Crippen molar-refractivity contribution in [3.8, 4) is 16.3 Å². The maximum atomic E-state index is 12.4. The van der Waals surface area contributed by atoms with Crippen LogP contribution in [0.4, 0.5) is 5.13 Å². The Morgan fingerprint density at radius 3 is 2.74 bits per heavy atom. The molecule has 1 aromatic carbocycles. The molecule has 0 unspecified atom stereocenters. The van der Waals surface area contributed by atoms with Gasteiger partial charge >= 0.3 is 0 Å². The number of nitrogens with zero attached hydrogens (tertiary/aromatic N) is 3. The van der Waals surface area contributed by atoms with Crippen LogP contribution in [-0.4, -0.2) is 28.2 Å². The zero-order valence-corrected chi connectivity index (χ0v) is 14.4. The van der Waals surface area contributed by atoms with Crippen LogP contribution in [0.3, 0.4) is 0 Å². The van der Waals surface area contributed by atoms with Gasteiger partial charge in [0.05, 0.1) is 12.8 Å². The molecule has 0 saturated heterocycles. The van der Waals surface area contributed by atoms with Crippen LogP contribution in [0.1, 0.15) is 20.4 Å². The standard InChI is InChI=1S/C15H14N4O2S2/c1-8-12(13(20)17-15-19-18-9(2)22-15)23-14(16-8)10-5-4-6-11(7-10)21-3/h4-7H,1-3H3,(H,17,19,20). The normalized spacial score (nSPS) is 10.6. The topological polar surface area (TPSA) is 77.0 Å². The van der Waals surface area contributed by atoms with E-state index in [1.807, 2.05) is 38.1 Å². The van der Waals surface area contributed by atoms with Crippen molar-refractivity contribution in [1.82, 2.24) is 15.2 Å². The number of carbonyl (C=O) groups excluding carboxylic acids is 1. The Hall–Kier alpha value is -2.32. The highest BCUT2D eigenvalue weighted by atomic mass is 32.1. The average Bonchev–Trinajstić information content (AvgIpc) is 3.13. The molecule has 1 N–H and O–H groups in total. The fourth-order valence-corrected chi connectivity index (χ4v) is 3.53. The molecule has 0 spiro atoms. The highest BCUT2D eigenvalue weighted by Crippen LogP contribution is 2.30. The van der Waals surface area contributed by atoms with Crippen LogP contribution in [-0.2, 0) is 0 Å². The van der Waals surface area contributed by atoms with E-state index in [1.165, 1.54) is 22.7 Å². The first-order chi connectivity index (χ1) is 11.1. The lowest BCUT2D eigenvalue weighted by Gasteiger charge is -2.01. The summed E-state index contributed by atoms with van der Waals surface area (Å²) in [5.74, 6) is 0.538. The number of benzene rings is 1. The van der Waals surface area contributed by atoms with E-state index in [1.54, 1.807) is 7.11 Å². The molecule has 0 aliphatic heterocycles. The van der Waals surface area contributed by atoms with Crippen LogP contribution in [0.15, 0.2) is 24.3 Å². The first kappa shape index (κ1) is 15.6. The van der Waals surface area contributed by atoms with E-state index in [2.05, 4.69) is 20.5 Å². The van der Waals surface area contributed by atoms with Crippen LogP contribution < -0.4 is 10.1 Å². The van der Waals surface area contributed by atoms with Crippen LogP contribution >= 0.6 is 22.7 Å². The Balaban J connectivity index is 1.86. The smallest absolute Gasteiger partial charge is 0.269 e. The Labute approximate surface area is 141 Å². The fraction of sp³-hybridized carbons (Fsp3) is 0.200. The number of aromatic nitrogens is 3. The lowest BCUT2D eigenvalue weighted by atomic mass is 10.2. The lowest BCUT2D eigenvalue weighted by molar-refractivity contribution is 0.102. The second kappa shape index (κ2) is 6.43. The molecule has 0 aliphatic carbocycles. The number of hydrogen-bond donors (Lipinski definition) is 1. The van der Waals surface area contributed by atoms with Gasteiger partial charge in [0.15, 0.2) is 0 Å². The molecular formula is C15H14N4O2S2. The quantitative estimate of drug-likeness (QED) is 0.782. The molecule has 3 rings (SSSR count). The predicted molar refractivity (Wildman–Crippen MR) is 91.4 cm³/mol. The predicted octanol–water partition coefficient (Wildman–Crippen LogP) is 3.54. The van der Waals surface area contributed by atoms with Gasteiger partial charge in [0.2, 0.25) is 5.13 Å². The molecule has 3 aromatic rings. The van der Waals surface area contributed by atoms with Gasteiger partial charge in [-0.05, 0) is 26.0 Å². The van der Waals surface area contributed by atoms with Crippen LogP contribution in [0.5, 0.6) is 5.75 Å². The van der Waals surface area contributed by atoms with Gasteiger partial charge in [-0.25, -0.2) is 4.98 Å². The highest BCUT2D eigenvalue weighted by Gasteiger charge is 2.18. The maximum Gasteiger partial charge on any atom is 0.269 e. The van der Waals surface area contributed by atoms with E-state index in [0.717, 1.165) is 21.3 Å². The fourth-order valence-electron chi connectivity index (χ4n) is 1.99. The summed E-state index contributed by atoms with van der Waals surface area (Å²) >= 11 is 2.68. The number of hydrogen-bond acceptors (Lipinski definition) is 7. The highest BCUT2D eigenvalue weighted by molar-refractivity contribution is 7.17. The van der Waals surface area contributed by atoms with Crippen molar-refractivity contribution in [2.45, 2.75) is 13.8 Å². The molecule has 0 bridgehead atoms. The van der Waals surface area contributed by atoms with Gasteiger partial charge in [-0.3, -0.25) is 10.1 Å². The van der Waals surface area contributed by atoms with Gasteiger partial charge < -0.3 is 4.74 Å². The van der Waals surface area contributed by atoms with E-state index in [9.17, 15) is 4.79 Å². The van der Waals surface area contributed by atoms with E-state index in [-0.39, 0.29) is 5.91 Å². The second-order valence-corrected chi connectivity index (χ2v) is 6.93. The van der Waals surface area contributed by atoms with Crippen molar-refractivity contribution in [1.29, 1.82) is 0 Å². The first-order valence-corrected chi connectivity index (χ1v) is 8.43. The number of carbonyl (C=O) groups is 1. The van der Waals surface area contributed by atoms with E-state index >= 15 is 0 Å². The monoisotopic (exact) mass is 346 g/mol. The Kier molecular flexibility index (Phi) is 4.35. The second-order valence-electron chi connectivity index (χ2n) is 4.75. The summed E-state index contributed by atoms with van der Waals surface area (Å²) in [4.78, 5) is 17.4. The number of aryl methyl sites for hydroxylation is 2. The molecule has 6 nitrogen and oxygen atoms in total. The van der Waals surface area contributed by atoms with E-state index < -0.39 is 0 Å². The molecule has 0 fully saturated rings. The van der Waals surface area contributed by atoms with Gasteiger partial charge in [0, 0.05) is 5.56 Å². The molecule has 0 saturated carbocycles. The summed E-state index contributed by atoms with van der Waals surface area (Å²) < 4.78 is 5.23. The largest absolute Gasteiger partial charge is 0.497 e. The minimum absolute atomic E-state index is 0.217. The molecule has 8 heteroatoms. The lowest BCUT2D eigenvalue weighted by Crippen LogP contribution is -2.11. The van der Waals surface area contributed by atoms with E-state index in [0.29, 0.717) is 15.7 Å². The van der Waals surface area contributed by atoms with Crippen LogP contribution in [0.2, 0.25) is 0 Å². The van der Waals surface area contributed by atoms with Crippen molar-refractivity contribution in [3.05, 3.63) is 39.8 Å². The Morgan fingerprint density at radius 2 is 2.04 bits per heavy atom. The minimum Gasteiger partial charge on any atom is -0.497 e. The number of amides is 1. The molecule has 0 radical (unpaired) electrons. The van der Waals surface area contributed by atoms with Crippen molar-refractivity contribution in [3.63, 3.8) is 0 Å². The van der Waals surface area contributed by atoms with E-state index in [4.69, 9.17) is 4.74 Å². The summed E-state index contributed by atoms with van der Waals surface area (Å²) in [7, 11) is 1.62. The number of rotatable bonds is 4. The molecule has 118 valence electrons. The summed E-state index contributed by atoms with van der Waals surface area (Å²) in [6, 6.07) is 7.61. The van der Waals surface area contributed by atoms with Crippen molar-refractivity contribution >= 4 is 33.7 Å². The summed E-state index contributed by atoms with van der Waals surface area (Å²) in [5.41, 5.74) is 1.61. The number of anilines is 1. The molecule has 2 aromatic heterocycles. The summed E-state index contributed by atoms with van der Waals surface area (Å²) in [6.07, 6.45) is 0. The van der Waals surface area contributed by atoms with Gasteiger partial charge in [-0.15, -0.1) is 21.5 Å². The molecular weight excluding hydrogens is 332 g/mol. The van der Waals surface area contributed by atoms with Gasteiger partial charge in [-0.1, -0.05) is 23.5 Å². The average molecular weight is 346 g/mol. The minimum atomic E-state index is -0.217. The molecule has 0 aliphatic rings. The molecule has 2 heterocycles. The van der Waals surface area contributed by atoms with Gasteiger partial charge in [0.1, 0.15) is 20.6 Å². The number of thiazole rings is 1.